The molecule has 30 heavy (non-hydrogen) atoms. The summed E-state index contributed by atoms with van der Waals surface area (Å²) >= 11 is 0. The fourth-order valence-electron chi connectivity index (χ4n) is 3.53. The number of hydrogen-bond acceptors (Lipinski definition) is 3. The van der Waals surface area contributed by atoms with Gasteiger partial charge in [0, 0.05) is 19.3 Å². The van der Waals surface area contributed by atoms with Crippen LogP contribution in [0.3, 0.4) is 0 Å². The fourth-order valence-corrected chi connectivity index (χ4v) is 3.53. The first-order valence-corrected chi connectivity index (χ1v) is 11.0. The highest BCUT2D eigenvalue weighted by Crippen LogP contribution is 2.25. The highest BCUT2D eigenvalue weighted by Gasteiger charge is 2.18. The van der Waals surface area contributed by atoms with Crippen LogP contribution < -0.4 is 5.32 Å². The van der Waals surface area contributed by atoms with Crippen LogP contribution in [0.5, 0.6) is 0 Å². The molecular weight excluding hydrogens is 366 g/mol. The molecule has 0 fully saturated rings. The van der Waals surface area contributed by atoms with Crippen molar-refractivity contribution in [2.45, 2.75) is 59.9 Å². The summed E-state index contributed by atoms with van der Waals surface area (Å²) in [6, 6.07) is 6.69. The van der Waals surface area contributed by atoms with Crippen molar-refractivity contribution in [3.63, 3.8) is 0 Å². The molecule has 1 N–H and O–H groups in total. The quantitative estimate of drug-likeness (QED) is 0.467. The van der Waals surface area contributed by atoms with Gasteiger partial charge in [0.1, 0.15) is 5.82 Å². The number of likely N-dealkylation sites (N-methyl/N-ethyl adjacent to an activating group) is 1. The summed E-state index contributed by atoms with van der Waals surface area (Å²) in [6.45, 7) is 21.8. The first-order valence-electron chi connectivity index (χ1n) is 11.0. The third kappa shape index (κ3) is 5.63. The zero-order chi connectivity index (χ0) is 22.3. The number of aryl methyl sites for hydroxylation is 1. The Hall–Kier alpha value is -2.81. The lowest BCUT2D eigenvalue weighted by Crippen LogP contribution is -2.27. The lowest BCUT2D eigenvalue weighted by molar-refractivity contribution is 0.514. The molecule has 0 spiro atoms. The average Bonchev–Trinajstić information content (AvgIpc) is 2.73. The van der Waals surface area contributed by atoms with Crippen molar-refractivity contribution < 1.29 is 0 Å². The van der Waals surface area contributed by atoms with Crippen molar-refractivity contribution in [2.75, 3.05) is 7.05 Å². The summed E-state index contributed by atoms with van der Waals surface area (Å²) in [5, 5.41) is 3.50. The summed E-state index contributed by atoms with van der Waals surface area (Å²) in [7, 11) is 2.03. The Morgan fingerprint density at radius 3 is 2.47 bits per heavy atom. The van der Waals surface area contributed by atoms with Crippen LogP contribution in [0.25, 0.3) is 5.57 Å². The molecule has 160 valence electrons. The first-order chi connectivity index (χ1) is 14.3. The first kappa shape index (κ1) is 23.5. The smallest absolute Gasteiger partial charge is 0.129 e. The Balaban J connectivity index is 2.23. The SMILES string of the molecule is C=C(C)C1=CC(C(=C)NCc2ccc(C(=C)CC)cc2CCC)=N/C(=C/CC)N1C. The summed E-state index contributed by atoms with van der Waals surface area (Å²) < 4.78 is 0. The van der Waals surface area contributed by atoms with Gasteiger partial charge in [0.05, 0.1) is 11.4 Å². The van der Waals surface area contributed by atoms with Crippen molar-refractivity contribution in [2.24, 2.45) is 4.99 Å². The molecule has 0 radical (unpaired) electrons. The van der Waals surface area contributed by atoms with Crippen LogP contribution in [0.1, 0.15) is 63.6 Å². The number of allylic oxidation sites excluding steroid dienone is 4. The van der Waals surface area contributed by atoms with Crippen molar-refractivity contribution in [1.29, 1.82) is 0 Å². The van der Waals surface area contributed by atoms with Crippen LogP contribution in [-0.4, -0.2) is 17.7 Å². The second kappa shape index (κ2) is 10.8. The molecule has 1 aliphatic rings. The molecule has 0 aromatic heterocycles. The van der Waals surface area contributed by atoms with E-state index in [0.29, 0.717) is 0 Å². The van der Waals surface area contributed by atoms with Gasteiger partial charge in [-0.25, -0.2) is 4.99 Å². The molecule has 1 aromatic rings. The van der Waals surface area contributed by atoms with Crippen LogP contribution in [0.2, 0.25) is 0 Å². The maximum absolute atomic E-state index is 4.82. The Bertz CT molecular complexity index is 912. The van der Waals surface area contributed by atoms with E-state index in [4.69, 9.17) is 4.99 Å². The predicted molar refractivity (Wildman–Crippen MR) is 132 cm³/mol. The molecule has 1 heterocycles. The Morgan fingerprint density at radius 2 is 1.87 bits per heavy atom. The zero-order valence-electron chi connectivity index (χ0n) is 19.4. The van der Waals surface area contributed by atoms with E-state index in [2.05, 4.69) is 81.1 Å². The summed E-state index contributed by atoms with van der Waals surface area (Å²) in [5.74, 6) is 0.935. The van der Waals surface area contributed by atoms with Gasteiger partial charge in [-0.05, 0) is 66.2 Å². The molecule has 2 rings (SSSR count). The Labute approximate surface area is 183 Å². The van der Waals surface area contributed by atoms with Crippen LogP contribution in [0.4, 0.5) is 0 Å². The van der Waals surface area contributed by atoms with Crippen LogP contribution in [0.15, 0.2) is 77.9 Å². The van der Waals surface area contributed by atoms with Crippen molar-refractivity contribution in [1.82, 2.24) is 10.2 Å². The number of nitrogens with zero attached hydrogens (tertiary/aromatic N) is 2. The van der Waals surface area contributed by atoms with Crippen LogP contribution in [-0.2, 0) is 13.0 Å². The lowest BCUT2D eigenvalue weighted by atomic mass is 9.96. The van der Waals surface area contributed by atoms with Crippen molar-refractivity contribution >= 4 is 11.3 Å². The molecule has 0 unspecified atom stereocenters. The van der Waals surface area contributed by atoms with Gasteiger partial charge < -0.3 is 10.2 Å². The van der Waals surface area contributed by atoms with Gasteiger partial charge in [0.25, 0.3) is 0 Å². The Morgan fingerprint density at radius 1 is 1.13 bits per heavy atom. The van der Waals surface area contributed by atoms with Crippen LogP contribution in [0, 0.1) is 0 Å². The number of benzene rings is 1. The third-order valence-corrected chi connectivity index (χ3v) is 5.40. The Kier molecular flexibility index (Phi) is 8.46. The van der Waals surface area contributed by atoms with Gasteiger partial charge in [0.2, 0.25) is 0 Å². The van der Waals surface area contributed by atoms with E-state index in [9.17, 15) is 0 Å². The molecule has 1 aromatic carbocycles. The molecular formula is C27H37N3. The molecule has 3 nitrogen and oxygen atoms in total. The van der Waals surface area contributed by atoms with Gasteiger partial charge in [-0.1, -0.05) is 65.1 Å². The molecule has 0 aliphatic carbocycles. The van der Waals surface area contributed by atoms with Gasteiger partial charge in [-0.2, -0.15) is 0 Å². The second-order valence-electron chi connectivity index (χ2n) is 7.86. The van der Waals surface area contributed by atoms with E-state index >= 15 is 0 Å². The molecule has 0 saturated carbocycles. The standard InChI is InChI=1S/C27H37N3/c1-9-12-23-16-22(20(6)11-3)14-15-24(23)18-28-21(7)25-17-26(19(4)5)30(8)27(29-25)13-10-2/h13-17,28H,4,6-7,9-12,18H2,1-3,5,8H3/b27-13-. The summed E-state index contributed by atoms with van der Waals surface area (Å²) in [4.78, 5) is 6.90. The fraction of sp³-hybridized carbons (Fsp3) is 0.370. The van der Waals surface area contributed by atoms with Gasteiger partial charge in [-0.3, -0.25) is 0 Å². The molecule has 3 heteroatoms. The monoisotopic (exact) mass is 403 g/mol. The van der Waals surface area contributed by atoms with E-state index in [1.54, 1.807) is 0 Å². The van der Waals surface area contributed by atoms with Crippen LogP contribution >= 0.6 is 0 Å². The van der Waals surface area contributed by atoms with Crippen molar-refractivity contribution in [3.8, 4) is 0 Å². The van der Waals surface area contributed by atoms with E-state index in [-0.39, 0.29) is 0 Å². The number of nitrogens with one attached hydrogen (secondary N) is 1. The average molecular weight is 404 g/mol. The summed E-state index contributed by atoms with van der Waals surface area (Å²) in [6.07, 6.45) is 8.26. The highest BCUT2D eigenvalue weighted by atomic mass is 15.2. The highest BCUT2D eigenvalue weighted by molar-refractivity contribution is 6.09. The third-order valence-electron chi connectivity index (χ3n) is 5.40. The normalized spacial score (nSPS) is 15.0. The maximum atomic E-state index is 4.82. The van der Waals surface area contributed by atoms with Crippen molar-refractivity contribution in [3.05, 3.63) is 89.6 Å². The van der Waals surface area contributed by atoms with Gasteiger partial charge in [-0.15, -0.1) is 0 Å². The number of aliphatic imine (C=N–C) groups is 1. The number of hydrogen-bond donors (Lipinski definition) is 1. The lowest BCUT2D eigenvalue weighted by Gasteiger charge is -2.28. The van der Waals surface area contributed by atoms with E-state index < -0.39 is 0 Å². The van der Waals surface area contributed by atoms with Gasteiger partial charge >= 0.3 is 0 Å². The molecule has 0 atom stereocenters. The largest absolute Gasteiger partial charge is 0.380 e. The molecule has 0 bridgehead atoms. The number of rotatable bonds is 10. The zero-order valence-corrected chi connectivity index (χ0v) is 19.4. The minimum Gasteiger partial charge on any atom is -0.380 e. The second-order valence-corrected chi connectivity index (χ2v) is 7.86. The molecule has 0 saturated heterocycles. The van der Waals surface area contributed by atoms with E-state index in [1.807, 2.05) is 14.0 Å². The molecule has 1 aliphatic heterocycles. The topological polar surface area (TPSA) is 27.6 Å². The van der Waals surface area contributed by atoms with E-state index in [1.165, 1.54) is 22.3 Å². The minimum atomic E-state index is 0.727. The van der Waals surface area contributed by atoms with E-state index in [0.717, 1.165) is 60.7 Å². The summed E-state index contributed by atoms with van der Waals surface area (Å²) in [5.41, 5.74) is 8.87. The minimum absolute atomic E-state index is 0.727. The molecule has 0 amide bonds. The maximum Gasteiger partial charge on any atom is 0.129 e. The van der Waals surface area contributed by atoms with Gasteiger partial charge in [0.15, 0.2) is 0 Å². The predicted octanol–water partition coefficient (Wildman–Crippen LogP) is 6.76.